The van der Waals surface area contributed by atoms with Gasteiger partial charge < -0.3 is 45.7 Å². The number of likely N-dealkylation sites (tertiary alicyclic amines) is 1. The highest BCUT2D eigenvalue weighted by Crippen LogP contribution is 2.36. The van der Waals surface area contributed by atoms with E-state index in [0.717, 1.165) is 55.4 Å². The number of benzene rings is 4. The van der Waals surface area contributed by atoms with Crippen molar-refractivity contribution in [2.45, 2.75) is 37.5 Å². The quantitative estimate of drug-likeness (QED) is 0.0955. The van der Waals surface area contributed by atoms with E-state index in [1.807, 2.05) is 6.20 Å². The van der Waals surface area contributed by atoms with Crippen LogP contribution in [0.25, 0.3) is 0 Å². The second kappa shape index (κ2) is 25.2. The van der Waals surface area contributed by atoms with Crippen LogP contribution in [0.4, 0.5) is 29.2 Å². The fraction of sp³-hybridized carbons (Fsp3) is 0.250. The van der Waals surface area contributed by atoms with Gasteiger partial charge in [0.1, 0.15) is 69.4 Å². The van der Waals surface area contributed by atoms with Crippen molar-refractivity contribution in [3.63, 3.8) is 0 Å². The third kappa shape index (κ3) is 14.6. The summed E-state index contributed by atoms with van der Waals surface area (Å²) < 4.78 is 75.2. The summed E-state index contributed by atoms with van der Waals surface area (Å²) >= 11 is 0. The number of ether oxygens (including phenoxy) is 4. The van der Waals surface area contributed by atoms with Gasteiger partial charge >= 0.3 is 5.97 Å². The van der Waals surface area contributed by atoms with Gasteiger partial charge in [-0.15, -0.1) is 24.8 Å². The summed E-state index contributed by atoms with van der Waals surface area (Å²) in [5.41, 5.74) is 13.1. The Kier molecular flexibility index (Phi) is 19.8. The Balaban J connectivity index is 0.000000237. The number of piperidine rings is 2. The molecule has 0 saturated carbocycles. The number of carbonyl (C=O) groups excluding carboxylic acids is 1. The number of methoxy groups -OCH3 is 2. The van der Waals surface area contributed by atoms with Crippen molar-refractivity contribution in [1.82, 2.24) is 20.2 Å². The smallest absolute Gasteiger partial charge is 0.338 e. The number of aromatic nitrogens is 2. The van der Waals surface area contributed by atoms with Gasteiger partial charge in [0.2, 0.25) is 0 Å². The molecule has 356 valence electrons. The van der Waals surface area contributed by atoms with Crippen LogP contribution in [-0.4, -0.2) is 72.2 Å². The Morgan fingerprint density at radius 2 is 1.01 bits per heavy atom. The lowest BCUT2D eigenvalue weighted by atomic mass is 9.89. The van der Waals surface area contributed by atoms with E-state index in [4.69, 9.17) is 35.5 Å². The first-order valence-corrected chi connectivity index (χ1v) is 20.6. The first-order valence-electron chi connectivity index (χ1n) is 20.6. The number of rotatable bonds is 10. The van der Waals surface area contributed by atoms with Crippen molar-refractivity contribution in [2.24, 2.45) is 0 Å². The number of aromatic carboxylic acids is 1. The zero-order valence-corrected chi connectivity index (χ0v) is 38.1. The SMILES string of the molecule is COc1cc(N)ncc1C1CCN(C(=O)c2ccc(Oc3ccc(F)cc3)cc2F)CC1.COc1cc(N)ncc1C1CCNCC1.Cl.Cl.O=C(O)c1ccc(Oc2ccc(F)cc2)cc1F. The average molecular weight is 970 g/mol. The number of hydrogen-bond acceptors (Lipinski definition) is 11. The Morgan fingerprint density at radius 1 is 0.612 bits per heavy atom. The largest absolute Gasteiger partial charge is 0.496 e. The number of carboxylic acids is 1. The number of nitrogens with two attached hydrogens (primary N) is 2. The molecule has 6 N–H and O–H groups in total. The van der Waals surface area contributed by atoms with Gasteiger partial charge in [-0.2, -0.15) is 0 Å². The van der Waals surface area contributed by atoms with Crippen LogP contribution in [0, 0.1) is 23.3 Å². The van der Waals surface area contributed by atoms with Crippen LogP contribution < -0.4 is 35.7 Å². The molecule has 0 radical (unpaired) electrons. The van der Waals surface area contributed by atoms with Crippen LogP contribution in [0.3, 0.4) is 0 Å². The Morgan fingerprint density at radius 3 is 1.42 bits per heavy atom. The van der Waals surface area contributed by atoms with Gasteiger partial charge in [0.15, 0.2) is 0 Å². The maximum absolute atomic E-state index is 14.7. The number of anilines is 2. The van der Waals surface area contributed by atoms with Gasteiger partial charge in [-0.3, -0.25) is 4.79 Å². The molecule has 2 aromatic heterocycles. The number of nitrogens with one attached hydrogen (secondary N) is 1. The predicted octanol–water partition coefficient (Wildman–Crippen LogP) is 10.2. The van der Waals surface area contributed by atoms with Crippen LogP contribution in [-0.2, 0) is 0 Å². The van der Waals surface area contributed by atoms with Crippen LogP contribution >= 0.6 is 24.8 Å². The molecular formula is C48H50Cl2F4N6O7. The molecule has 1 amide bonds. The van der Waals surface area contributed by atoms with Crippen molar-refractivity contribution >= 4 is 48.3 Å². The lowest BCUT2D eigenvalue weighted by molar-refractivity contribution is 0.0687. The average Bonchev–Trinajstić information content (AvgIpc) is 3.31. The lowest BCUT2D eigenvalue weighted by Gasteiger charge is -2.32. The summed E-state index contributed by atoms with van der Waals surface area (Å²) in [7, 11) is 3.27. The molecule has 19 heteroatoms. The summed E-state index contributed by atoms with van der Waals surface area (Å²) in [4.78, 5) is 33.4. The van der Waals surface area contributed by atoms with Gasteiger partial charge in [0.25, 0.3) is 5.91 Å². The number of pyridine rings is 2. The molecule has 0 aliphatic carbocycles. The lowest BCUT2D eigenvalue weighted by Crippen LogP contribution is -2.38. The monoisotopic (exact) mass is 968 g/mol. The van der Waals surface area contributed by atoms with Crippen LogP contribution in [0.2, 0.25) is 0 Å². The molecular weight excluding hydrogens is 919 g/mol. The molecule has 2 saturated heterocycles. The summed E-state index contributed by atoms with van der Waals surface area (Å²) in [6, 6.07) is 21.6. The van der Waals surface area contributed by atoms with Gasteiger partial charge in [-0.05, 0) is 123 Å². The van der Waals surface area contributed by atoms with E-state index < -0.39 is 29.0 Å². The van der Waals surface area contributed by atoms with E-state index >= 15 is 0 Å². The summed E-state index contributed by atoms with van der Waals surface area (Å²) in [6.45, 7) is 3.12. The number of nitrogens with zero attached hydrogens (tertiary/aromatic N) is 3. The maximum Gasteiger partial charge on any atom is 0.338 e. The molecule has 2 aliphatic heterocycles. The number of hydrogen-bond donors (Lipinski definition) is 4. The van der Waals surface area contributed by atoms with Gasteiger partial charge in [-0.1, -0.05) is 0 Å². The number of carboxylic acid groups (broad SMARTS) is 1. The second-order valence-electron chi connectivity index (χ2n) is 15.0. The van der Waals surface area contributed by atoms with E-state index in [1.165, 1.54) is 72.3 Å². The maximum atomic E-state index is 14.7. The fourth-order valence-corrected chi connectivity index (χ4v) is 7.33. The molecule has 13 nitrogen and oxygen atoms in total. The second-order valence-corrected chi connectivity index (χ2v) is 15.0. The van der Waals surface area contributed by atoms with Crippen molar-refractivity contribution in [2.75, 3.05) is 51.9 Å². The van der Waals surface area contributed by atoms with Crippen molar-refractivity contribution in [3.8, 4) is 34.5 Å². The molecule has 6 aromatic rings. The van der Waals surface area contributed by atoms with Crippen molar-refractivity contribution < 1.29 is 51.2 Å². The van der Waals surface area contributed by atoms with E-state index in [9.17, 15) is 27.2 Å². The van der Waals surface area contributed by atoms with E-state index in [-0.39, 0.29) is 59.5 Å². The number of halogens is 6. The zero-order chi connectivity index (χ0) is 46.5. The van der Waals surface area contributed by atoms with Gasteiger partial charge in [0.05, 0.1) is 25.3 Å². The van der Waals surface area contributed by atoms with Crippen LogP contribution in [0.1, 0.15) is 69.4 Å². The molecule has 67 heavy (non-hydrogen) atoms. The molecule has 0 atom stereocenters. The minimum Gasteiger partial charge on any atom is -0.496 e. The summed E-state index contributed by atoms with van der Waals surface area (Å²) in [5, 5.41) is 12.0. The number of carbonyl (C=O) groups is 2. The Bertz CT molecular complexity index is 2570. The molecule has 8 rings (SSSR count). The van der Waals surface area contributed by atoms with Crippen molar-refractivity contribution in [1.29, 1.82) is 0 Å². The normalized spacial score (nSPS) is 13.5. The Labute approximate surface area is 397 Å². The molecule has 2 aliphatic rings. The van der Waals surface area contributed by atoms with Crippen molar-refractivity contribution in [3.05, 3.63) is 155 Å². The molecule has 0 unspecified atom stereocenters. The minimum absolute atomic E-state index is 0. The molecule has 4 heterocycles. The summed E-state index contributed by atoms with van der Waals surface area (Å²) in [6.07, 6.45) is 7.27. The first-order chi connectivity index (χ1) is 31.3. The van der Waals surface area contributed by atoms with E-state index in [0.29, 0.717) is 60.7 Å². The third-order valence-electron chi connectivity index (χ3n) is 10.7. The van der Waals surface area contributed by atoms with Crippen LogP contribution in [0.15, 0.2) is 109 Å². The highest BCUT2D eigenvalue weighted by molar-refractivity contribution is 5.94. The fourth-order valence-electron chi connectivity index (χ4n) is 7.33. The minimum atomic E-state index is -1.35. The Hall–Kier alpha value is -6.82. The molecule has 0 bridgehead atoms. The molecule has 0 spiro atoms. The van der Waals surface area contributed by atoms with Crippen LogP contribution in [0.5, 0.6) is 34.5 Å². The highest BCUT2D eigenvalue weighted by atomic mass is 35.5. The van der Waals surface area contributed by atoms with E-state index in [2.05, 4.69) is 15.3 Å². The zero-order valence-electron chi connectivity index (χ0n) is 36.4. The third-order valence-corrected chi connectivity index (χ3v) is 10.7. The molecule has 4 aromatic carbocycles. The standard InChI is InChI=1S/C24H23F2N3O3.C13H8F2O3.C11H17N3O.2ClH/c1-31-22-13-23(27)28-14-20(22)15-8-10-29(11-9-15)24(30)19-7-6-18(12-21(19)26)32-17-4-2-16(25)3-5-17;14-8-1-3-9(4-2-8)18-10-5-6-11(13(16)17)12(15)7-10;1-15-10-6-11(12)14-7-9(10)8-2-4-13-5-3-8;;/h2-7,12-15H,8-11H2,1H3,(H2,27,28);1-7H,(H,16,17);6-8,13H,2-5H2,1H3,(H2,12,14);2*1H. The highest BCUT2D eigenvalue weighted by Gasteiger charge is 2.28. The van der Waals surface area contributed by atoms with Gasteiger partial charge in [0, 0.05) is 60.9 Å². The molecule has 2 fully saturated rings. The predicted molar refractivity (Wildman–Crippen MR) is 250 cm³/mol. The number of amides is 1. The topological polar surface area (TPSA) is 184 Å². The summed E-state index contributed by atoms with van der Waals surface area (Å²) in [5.74, 6) is 0.210. The van der Waals surface area contributed by atoms with E-state index in [1.54, 1.807) is 37.4 Å². The first kappa shape index (κ1) is 52.8. The number of nitrogen functional groups attached to an aromatic ring is 2. The van der Waals surface area contributed by atoms with Gasteiger partial charge in [-0.25, -0.2) is 32.3 Å².